The number of hydrogen-bond donors (Lipinski definition) is 0. The molecule has 124 valence electrons. The molecular weight excluding hydrogens is 310 g/mol. The molecule has 1 fully saturated rings. The van der Waals surface area contributed by atoms with Gasteiger partial charge in [-0.25, -0.2) is 14.6 Å². The van der Waals surface area contributed by atoms with Crippen LogP contribution in [0.1, 0.15) is 36.1 Å². The number of aryl methyl sites for hydroxylation is 2. The molecule has 0 aliphatic heterocycles. The monoisotopic (exact) mass is 329 g/mol. The van der Waals surface area contributed by atoms with Crippen LogP contribution in [-0.4, -0.2) is 24.1 Å². The van der Waals surface area contributed by atoms with Crippen molar-refractivity contribution in [3.8, 4) is 5.69 Å². The second-order valence-corrected chi connectivity index (χ2v) is 6.61. The average molecular weight is 329 g/mol. The lowest BCUT2D eigenvalue weighted by Crippen LogP contribution is -2.04. The van der Waals surface area contributed by atoms with Crippen LogP contribution in [-0.2, 0) is 12.8 Å². The number of benzene rings is 1. The number of nitrogens with zero attached hydrogens (tertiary/aromatic N) is 5. The standard InChI is InChI=1S/C20H19N5/c1-2-6-17(7-3-1)25-19(22-20(23-25)15-9-10-15)12-11-16-14-24-13-5-4-8-18(24)21-16/h1-8,13-15H,9-12H2. The van der Waals surface area contributed by atoms with E-state index in [1.807, 2.05) is 47.3 Å². The van der Waals surface area contributed by atoms with Gasteiger partial charge in [-0.3, -0.25) is 0 Å². The molecule has 5 heteroatoms. The predicted octanol–water partition coefficient (Wildman–Crippen LogP) is 3.58. The summed E-state index contributed by atoms with van der Waals surface area (Å²) in [6.07, 6.45) is 8.25. The van der Waals surface area contributed by atoms with Gasteiger partial charge >= 0.3 is 0 Å². The lowest BCUT2D eigenvalue weighted by atomic mass is 10.2. The second-order valence-electron chi connectivity index (χ2n) is 6.61. The van der Waals surface area contributed by atoms with Gasteiger partial charge in [0.15, 0.2) is 5.82 Å². The fourth-order valence-electron chi connectivity index (χ4n) is 3.16. The van der Waals surface area contributed by atoms with Crippen LogP contribution in [0, 0.1) is 0 Å². The second kappa shape index (κ2) is 5.84. The van der Waals surface area contributed by atoms with Crippen LogP contribution in [0.25, 0.3) is 11.3 Å². The molecule has 0 amide bonds. The zero-order valence-corrected chi connectivity index (χ0v) is 13.9. The number of imidazole rings is 1. The fourth-order valence-corrected chi connectivity index (χ4v) is 3.16. The summed E-state index contributed by atoms with van der Waals surface area (Å²) in [6.45, 7) is 0. The number of aromatic nitrogens is 5. The Morgan fingerprint density at radius 2 is 1.76 bits per heavy atom. The summed E-state index contributed by atoms with van der Waals surface area (Å²) in [5.74, 6) is 2.57. The Morgan fingerprint density at radius 1 is 0.920 bits per heavy atom. The average Bonchev–Trinajstić information content (AvgIpc) is 3.28. The molecule has 5 nitrogen and oxygen atoms in total. The fraction of sp³-hybridized carbons (Fsp3) is 0.250. The first-order valence-corrected chi connectivity index (χ1v) is 8.81. The highest BCUT2D eigenvalue weighted by molar-refractivity contribution is 5.39. The van der Waals surface area contributed by atoms with Gasteiger partial charge in [0.25, 0.3) is 0 Å². The van der Waals surface area contributed by atoms with Gasteiger partial charge in [0.1, 0.15) is 11.5 Å². The molecule has 0 radical (unpaired) electrons. The maximum atomic E-state index is 4.83. The van der Waals surface area contributed by atoms with Gasteiger partial charge in [0, 0.05) is 24.7 Å². The van der Waals surface area contributed by atoms with Gasteiger partial charge in [-0.2, -0.15) is 5.10 Å². The molecule has 0 spiro atoms. The number of hydrogen-bond acceptors (Lipinski definition) is 3. The zero-order valence-electron chi connectivity index (χ0n) is 13.9. The quantitative estimate of drug-likeness (QED) is 0.562. The maximum absolute atomic E-state index is 4.83. The molecule has 3 heterocycles. The molecule has 0 unspecified atom stereocenters. The minimum atomic E-state index is 0.555. The van der Waals surface area contributed by atoms with E-state index in [4.69, 9.17) is 10.1 Å². The number of rotatable bonds is 5. The molecular formula is C20H19N5. The molecule has 3 aromatic heterocycles. The molecule has 1 aliphatic carbocycles. The summed E-state index contributed by atoms with van der Waals surface area (Å²) < 4.78 is 4.07. The molecule has 0 N–H and O–H groups in total. The van der Waals surface area contributed by atoms with Gasteiger partial charge in [-0.15, -0.1) is 0 Å². The van der Waals surface area contributed by atoms with Crippen LogP contribution in [0.15, 0.2) is 60.9 Å². The minimum Gasteiger partial charge on any atom is -0.307 e. The Morgan fingerprint density at radius 3 is 2.56 bits per heavy atom. The van der Waals surface area contributed by atoms with Crippen molar-refractivity contribution in [2.24, 2.45) is 0 Å². The van der Waals surface area contributed by atoms with Crippen molar-refractivity contribution < 1.29 is 0 Å². The van der Waals surface area contributed by atoms with Crippen LogP contribution in [0.2, 0.25) is 0 Å². The lowest BCUT2D eigenvalue weighted by molar-refractivity contribution is 0.759. The maximum Gasteiger partial charge on any atom is 0.154 e. The summed E-state index contributed by atoms with van der Waals surface area (Å²) in [7, 11) is 0. The summed E-state index contributed by atoms with van der Waals surface area (Å²) in [6, 6.07) is 16.3. The SMILES string of the molecule is c1ccc(-n2nc(C3CC3)nc2CCc2cn3ccccc3n2)cc1. The Bertz CT molecular complexity index is 978. The normalized spacial score (nSPS) is 14.2. The van der Waals surface area contributed by atoms with E-state index in [1.54, 1.807) is 0 Å². The van der Waals surface area contributed by atoms with E-state index in [-0.39, 0.29) is 0 Å². The summed E-state index contributed by atoms with van der Waals surface area (Å²) in [5, 5.41) is 4.78. The van der Waals surface area contributed by atoms with E-state index in [9.17, 15) is 0 Å². The van der Waals surface area contributed by atoms with Crippen molar-refractivity contribution in [2.45, 2.75) is 31.6 Å². The first-order chi connectivity index (χ1) is 12.4. The summed E-state index contributed by atoms with van der Waals surface area (Å²) in [5.41, 5.74) is 3.15. The molecule has 1 saturated carbocycles. The van der Waals surface area contributed by atoms with E-state index in [1.165, 1.54) is 12.8 Å². The smallest absolute Gasteiger partial charge is 0.154 e. The third-order valence-corrected chi connectivity index (χ3v) is 4.65. The predicted molar refractivity (Wildman–Crippen MR) is 95.9 cm³/mol. The third-order valence-electron chi connectivity index (χ3n) is 4.65. The van der Waals surface area contributed by atoms with Gasteiger partial charge < -0.3 is 4.40 Å². The van der Waals surface area contributed by atoms with Crippen molar-refractivity contribution in [3.05, 3.63) is 78.3 Å². The summed E-state index contributed by atoms with van der Waals surface area (Å²) in [4.78, 5) is 9.52. The Hall–Kier alpha value is -2.95. The van der Waals surface area contributed by atoms with E-state index in [0.717, 1.165) is 41.5 Å². The van der Waals surface area contributed by atoms with E-state index >= 15 is 0 Å². The number of pyridine rings is 1. The van der Waals surface area contributed by atoms with Gasteiger partial charge in [-0.05, 0) is 43.5 Å². The van der Waals surface area contributed by atoms with Crippen molar-refractivity contribution in [1.82, 2.24) is 24.1 Å². The van der Waals surface area contributed by atoms with Crippen LogP contribution in [0.4, 0.5) is 0 Å². The topological polar surface area (TPSA) is 48.0 Å². The van der Waals surface area contributed by atoms with Crippen LogP contribution >= 0.6 is 0 Å². The first-order valence-electron chi connectivity index (χ1n) is 8.81. The van der Waals surface area contributed by atoms with Crippen molar-refractivity contribution in [1.29, 1.82) is 0 Å². The highest BCUT2D eigenvalue weighted by Gasteiger charge is 2.29. The highest BCUT2D eigenvalue weighted by Crippen LogP contribution is 2.38. The Kier molecular flexibility index (Phi) is 3.37. The number of para-hydroxylation sites is 1. The Labute approximate surface area is 146 Å². The molecule has 4 aromatic rings. The zero-order chi connectivity index (χ0) is 16.6. The van der Waals surface area contributed by atoms with Crippen LogP contribution in [0.5, 0.6) is 0 Å². The molecule has 1 aromatic carbocycles. The van der Waals surface area contributed by atoms with E-state index < -0.39 is 0 Å². The lowest BCUT2D eigenvalue weighted by Gasteiger charge is -2.04. The molecule has 25 heavy (non-hydrogen) atoms. The third kappa shape index (κ3) is 2.82. The highest BCUT2D eigenvalue weighted by atomic mass is 15.4. The molecule has 0 bridgehead atoms. The van der Waals surface area contributed by atoms with Gasteiger partial charge in [0.2, 0.25) is 0 Å². The van der Waals surface area contributed by atoms with Crippen molar-refractivity contribution >= 4 is 5.65 Å². The minimum absolute atomic E-state index is 0.555. The molecule has 1 aliphatic rings. The first kappa shape index (κ1) is 14.4. The van der Waals surface area contributed by atoms with E-state index in [2.05, 4.69) is 27.7 Å². The van der Waals surface area contributed by atoms with Gasteiger partial charge in [0.05, 0.1) is 11.4 Å². The van der Waals surface area contributed by atoms with Crippen molar-refractivity contribution in [2.75, 3.05) is 0 Å². The Balaban J connectivity index is 1.44. The largest absolute Gasteiger partial charge is 0.307 e. The summed E-state index contributed by atoms with van der Waals surface area (Å²) >= 11 is 0. The van der Waals surface area contributed by atoms with Crippen LogP contribution < -0.4 is 0 Å². The number of fused-ring (bicyclic) bond motifs is 1. The molecule has 0 saturated heterocycles. The molecule has 5 rings (SSSR count). The van der Waals surface area contributed by atoms with Gasteiger partial charge in [-0.1, -0.05) is 24.3 Å². The van der Waals surface area contributed by atoms with Crippen molar-refractivity contribution in [3.63, 3.8) is 0 Å². The van der Waals surface area contributed by atoms with Crippen LogP contribution in [0.3, 0.4) is 0 Å². The molecule has 0 atom stereocenters. The van der Waals surface area contributed by atoms with E-state index in [0.29, 0.717) is 5.92 Å².